The predicted molar refractivity (Wildman–Crippen MR) is 27.3 cm³/mol. The molecular formula is C4H10N2. The summed E-state index contributed by atoms with van der Waals surface area (Å²) in [5.74, 6) is 0. The Morgan fingerprint density at radius 1 is 1.83 bits per heavy atom. The molecule has 0 rings (SSSR count). The Labute approximate surface area is 38.1 Å². The van der Waals surface area contributed by atoms with E-state index in [1.165, 1.54) is 6.21 Å². The van der Waals surface area contributed by atoms with Gasteiger partial charge in [0.15, 0.2) is 0 Å². The maximum absolute atomic E-state index is 6.54. The minimum Gasteiger partial charge on any atom is -0.319 e. The molecule has 0 saturated carbocycles. The molecule has 0 aromatic rings. The van der Waals surface area contributed by atoms with Gasteiger partial charge in [-0.3, -0.25) is 0 Å². The standard InChI is InChI=1S/C4H10N2/c1-6-4-2-3-5/h3,5-6H,2,4H2,1H3. The lowest BCUT2D eigenvalue weighted by atomic mass is 10.5. The molecule has 0 amide bonds. The molecular weight excluding hydrogens is 76.1 g/mol. The van der Waals surface area contributed by atoms with E-state index in [1.54, 1.807) is 0 Å². The van der Waals surface area contributed by atoms with E-state index in [4.69, 9.17) is 5.41 Å². The van der Waals surface area contributed by atoms with Gasteiger partial charge in [0.05, 0.1) is 0 Å². The summed E-state index contributed by atoms with van der Waals surface area (Å²) in [5, 5.41) is 9.46. The molecule has 0 atom stereocenters. The van der Waals surface area contributed by atoms with E-state index in [-0.39, 0.29) is 0 Å². The van der Waals surface area contributed by atoms with Crippen molar-refractivity contribution in [3.05, 3.63) is 0 Å². The fourth-order valence-electron chi connectivity index (χ4n) is 0.217. The van der Waals surface area contributed by atoms with Crippen LogP contribution in [0.2, 0.25) is 0 Å². The molecule has 0 fully saturated rings. The summed E-state index contributed by atoms with van der Waals surface area (Å²) in [7, 11) is 1.88. The SMILES string of the molecule is CNCCC=N. The molecule has 0 unspecified atom stereocenters. The highest BCUT2D eigenvalue weighted by molar-refractivity contribution is 5.52. The molecule has 0 bridgehead atoms. The third kappa shape index (κ3) is 3.63. The first-order valence-corrected chi connectivity index (χ1v) is 2.05. The van der Waals surface area contributed by atoms with Crippen molar-refractivity contribution in [3.63, 3.8) is 0 Å². The maximum atomic E-state index is 6.54. The maximum Gasteiger partial charge on any atom is -0.000251 e. The average molecular weight is 86.1 g/mol. The van der Waals surface area contributed by atoms with Crippen LogP contribution in [-0.2, 0) is 0 Å². The van der Waals surface area contributed by atoms with Gasteiger partial charge in [0.25, 0.3) is 0 Å². The zero-order chi connectivity index (χ0) is 4.83. The first-order chi connectivity index (χ1) is 2.91. The number of nitrogens with one attached hydrogen (secondary N) is 2. The molecule has 6 heavy (non-hydrogen) atoms. The highest BCUT2D eigenvalue weighted by Crippen LogP contribution is 1.60. The lowest BCUT2D eigenvalue weighted by molar-refractivity contribution is 0.829. The van der Waals surface area contributed by atoms with Gasteiger partial charge >= 0.3 is 0 Å². The normalized spacial score (nSPS) is 8.17. The van der Waals surface area contributed by atoms with Crippen LogP contribution < -0.4 is 5.32 Å². The van der Waals surface area contributed by atoms with Crippen LogP contribution in [0.15, 0.2) is 0 Å². The Bertz CT molecular complexity index is 34.5. The molecule has 0 spiro atoms. The number of hydrogen-bond donors (Lipinski definition) is 2. The predicted octanol–water partition coefficient (Wildman–Crippen LogP) is 0.245. The second-order valence-electron chi connectivity index (χ2n) is 1.10. The Hall–Kier alpha value is -0.370. The van der Waals surface area contributed by atoms with Crippen molar-refractivity contribution in [3.8, 4) is 0 Å². The van der Waals surface area contributed by atoms with Gasteiger partial charge in [-0.25, -0.2) is 0 Å². The summed E-state index contributed by atoms with van der Waals surface area (Å²) in [6.07, 6.45) is 2.24. The van der Waals surface area contributed by atoms with Crippen LogP contribution in [0.4, 0.5) is 0 Å². The van der Waals surface area contributed by atoms with Gasteiger partial charge in [0, 0.05) is 0 Å². The van der Waals surface area contributed by atoms with Gasteiger partial charge in [-0.1, -0.05) is 0 Å². The minimum absolute atomic E-state index is 0.844. The van der Waals surface area contributed by atoms with Gasteiger partial charge in [-0.15, -0.1) is 0 Å². The van der Waals surface area contributed by atoms with E-state index < -0.39 is 0 Å². The van der Waals surface area contributed by atoms with E-state index in [0.717, 1.165) is 13.0 Å². The van der Waals surface area contributed by atoms with Crippen LogP contribution in [0.25, 0.3) is 0 Å². The van der Waals surface area contributed by atoms with E-state index in [9.17, 15) is 0 Å². The lowest BCUT2D eigenvalue weighted by Gasteiger charge is -1.85. The van der Waals surface area contributed by atoms with E-state index >= 15 is 0 Å². The molecule has 2 N–H and O–H groups in total. The highest BCUT2D eigenvalue weighted by atomic mass is 14.8. The molecule has 2 heteroatoms. The largest absolute Gasteiger partial charge is 0.319 e. The van der Waals surface area contributed by atoms with Gasteiger partial charge in [-0.05, 0) is 26.2 Å². The Kier molecular flexibility index (Phi) is 4.34. The zero-order valence-electron chi connectivity index (χ0n) is 3.99. The fourth-order valence-corrected chi connectivity index (χ4v) is 0.217. The van der Waals surface area contributed by atoms with Crippen LogP contribution in [0.5, 0.6) is 0 Å². The summed E-state index contributed by atoms with van der Waals surface area (Å²) in [6, 6.07) is 0. The van der Waals surface area contributed by atoms with Crippen LogP contribution in [0.1, 0.15) is 6.42 Å². The Balaban J connectivity index is 2.49. The van der Waals surface area contributed by atoms with Crippen LogP contribution >= 0.6 is 0 Å². The molecule has 0 aliphatic heterocycles. The van der Waals surface area contributed by atoms with Gasteiger partial charge in [0.2, 0.25) is 0 Å². The molecule has 36 valence electrons. The van der Waals surface area contributed by atoms with Crippen molar-refractivity contribution in [1.82, 2.24) is 5.32 Å². The summed E-state index contributed by atoms with van der Waals surface area (Å²) in [5.41, 5.74) is 0. The number of rotatable bonds is 3. The topological polar surface area (TPSA) is 35.9 Å². The summed E-state index contributed by atoms with van der Waals surface area (Å²) >= 11 is 0. The number of hydrogen-bond acceptors (Lipinski definition) is 2. The average Bonchev–Trinajstić information content (AvgIpc) is 1.61. The van der Waals surface area contributed by atoms with Gasteiger partial charge < -0.3 is 10.7 Å². The summed E-state index contributed by atoms with van der Waals surface area (Å²) in [4.78, 5) is 0. The highest BCUT2D eigenvalue weighted by Gasteiger charge is 1.70. The third-order valence-corrected chi connectivity index (χ3v) is 0.539. The molecule has 0 aromatic heterocycles. The molecule has 0 saturated heterocycles. The van der Waals surface area contributed by atoms with Crippen LogP contribution in [0.3, 0.4) is 0 Å². The first kappa shape index (κ1) is 5.63. The second-order valence-corrected chi connectivity index (χ2v) is 1.10. The lowest BCUT2D eigenvalue weighted by Crippen LogP contribution is -2.06. The Morgan fingerprint density at radius 3 is 2.67 bits per heavy atom. The summed E-state index contributed by atoms with van der Waals surface area (Å²) < 4.78 is 0. The van der Waals surface area contributed by atoms with Crippen molar-refractivity contribution < 1.29 is 0 Å². The summed E-state index contributed by atoms with van der Waals surface area (Å²) in [6.45, 7) is 0.920. The van der Waals surface area contributed by atoms with Crippen molar-refractivity contribution >= 4 is 6.21 Å². The molecule has 2 nitrogen and oxygen atoms in total. The molecule has 0 aromatic carbocycles. The molecule has 0 heterocycles. The minimum atomic E-state index is 0.844. The zero-order valence-corrected chi connectivity index (χ0v) is 3.99. The van der Waals surface area contributed by atoms with Crippen molar-refractivity contribution in [2.75, 3.05) is 13.6 Å². The van der Waals surface area contributed by atoms with Crippen LogP contribution in [0, 0.1) is 5.41 Å². The van der Waals surface area contributed by atoms with Crippen molar-refractivity contribution in [1.29, 1.82) is 5.41 Å². The third-order valence-electron chi connectivity index (χ3n) is 0.539. The monoisotopic (exact) mass is 86.1 g/mol. The van der Waals surface area contributed by atoms with E-state index in [2.05, 4.69) is 5.32 Å². The van der Waals surface area contributed by atoms with E-state index in [1.807, 2.05) is 7.05 Å². The first-order valence-electron chi connectivity index (χ1n) is 2.05. The second kappa shape index (κ2) is 4.63. The molecule has 0 aliphatic carbocycles. The van der Waals surface area contributed by atoms with Gasteiger partial charge in [0.1, 0.15) is 0 Å². The van der Waals surface area contributed by atoms with Crippen LogP contribution in [-0.4, -0.2) is 19.8 Å². The van der Waals surface area contributed by atoms with E-state index in [0.29, 0.717) is 0 Å². The molecule has 0 aliphatic rings. The van der Waals surface area contributed by atoms with Crippen molar-refractivity contribution in [2.24, 2.45) is 0 Å². The smallest absolute Gasteiger partial charge is 0.000251 e. The van der Waals surface area contributed by atoms with Gasteiger partial charge in [-0.2, -0.15) is 0 Å². The molecule has 0 radical (unpaired) electrons. The quantitative estimate of drug-likeness (QED) is 0.374. The Morgan fingerprint density at radius 2 is 2.50 bits per heavy atom. The van der Waals surface area contributed by atoms with Crippen molar-refractivity contribution in [2.45, 2.75) is 6.42 Å². The fraction of sp³-hybridized carbons (Fsp3) is 0.750.